The Morgan fingerprint density at radius 3 is 0.980 bits per heavy atom. The molecule has 2 aromatic rings. The van der Waals surface area contributed by atoms with Crippen LogP contribution in [0, 0.1) is 0 Å². The molecule has 0 saturated heterocycles. The molecule has 49 heavy (non-hydrogen) atoms. The van der Waals surface area contributed by atoms with Crippen molar-refractivity contribution >= 4 is 11.4 Å². The van der Waals surface area contributed by atoms with E-state index in [9.17, 15) is 5.53 Å². The molecular weight excluding hydrogens is 593 g/mol. The third-order valence-corrected chi connectivity index (χ3v) is 10.8. The maximum Gasteiger partial charge on any atom is 0.211 e. The van der Waals surface area contributed by atoms with Crippen molar-refractivity contribution in [2.75, 3.05) is 0 Å². The van der Waals surface area contributed by atoms with Gasteiger partial charge in [-0.1, -0.05) is 174 Å². The van der Waals surface area contributed by atoms with E-state index < -0.39 is 0 Å². The van der Waals surface area contributed by atoms with Crippen molar-refractivity contribution in [1.29, 1.82) is 0 Å². The highest BCUT2D eigenvalue weighted by molar-refractivity contribution is 5.82. The van der Waals surface area contributed by atoms with Gasteiger partial charge in [0.2, 0.25) is 11.4 Å². The lowest BCUT2D eigenvalue weighted by atomic mass is 9.91. The summed E-state index contributed by atoms with van der Waals surface area (Å²) >= 11 is 0. The van der Waals surface area contributed by atoms with Crippen LogP contribution in [0.3, 0.4) is 0 Å². The zero-order valence-corrected chi connectivity index (χ0v) is 32.6. The number of allylic oxidation sites excluding steroid dienone is 2. The summed E-state index contributed by atoms with van der Waals surface area (Å²) in [7, 11) is 0. The molecule has 0 saturated carbocycles. The SMILES string of the molecule is CCCCCCCCCCCCCCCCCCCC1=C(c2ccc(CCCC)cc2)[N+](=[N-])C(c2ccc(CCCC)cc2)=C1CCCC. The number of hydrogen-bond acceptors (Lipinski definition) is 0. The van der Waals surface area contributed by atoms with Gasteiger partial charge in [0.05, 0.1) is 0 Å². The lowest BCUT2D eigenvalue weighted by Gasteiger charge is -2.11. The molecule has 0 fully saturated rings. The fraction of sp³-hybridized carbons (Fsp3) is 0.660. The maximum absolute atomic E-state index is 12.0. The summed E-state index contributed by atoms with van der Waals surface area (Å²) in [6.45, 7) is 9.10. The fourth-order valence-corrected chi connectivity index (χ4v) is 7.59. The number of benzene rings is 2. The molecule has 2 aromatic carbocycles. The Morgan fingerprint density at radius 1 is 0.347 bits per heavy atom. The van der Waals surface area contributed by atoms with Gasteiger partial charge in [-0.15, -0.1) is 0 Å². The molecule has 0 unspecified atom stereocenters. The van der Waals surface area contributed by atoms with Gasteiger partial charge in [-0.3, -0.25) is 0 Å². The van der Waals surface area contributed by atoms with Crippen LogP contribution in [0.25, 0.3) is 16.9 Å². The second-order valence-electron chi connectivity index (χ2n) is 15.1. The molecule has 272 valence electrons. The summed E-state index contributed by atoms with van der Waals surface area (Å²) in [5, 5.41) is 0. The molecule has 3 rings (SSSR count). The highest BCUT2D eigenvalue weighted by atomic mass is 15.2. The lowest BCUT2D eigenvalue weighted by Crippen LogP contribution is -2.03. The number of unbranched alkanes of at least 4 members (excludes halogenated alkanes) is 19. The van der Waals surface area contributed by atoms with Crippen LogP contribution in [0.2, 0.25) is 0 Å². The standard InChI is InChI=1S/C47H74N2/c1-5-9-13-14-15-16-17-18-19-20-21-22-23-24-25-26-27-31-45-44(30-12-8-4)46(42-36-32-40(33-37-42)28-10-6-2)49(48)47(45)43-38-34-41(35-39-43)29-11-7-3/h32-39H,5-31H2,1-4H3. The van der Waals surface area contributed by atoms with E-state index in [1.807, 2.05) is 0 Å². The average Bonchev–Trinajstić information content (AvgIpc) is 3.40. The molecule has 0 radical (unpaired) electrons. The molecule has 2 heteroatoms. The summed E-state index contributed by atoms with van der Waals surface area (Å²) in [4.78, 5) is 0. The molecule has 1 aliphatic rings. The van der Waals surface area contributed by atoms with Gasteiger partial charge in [-0.05, 0) is 86.8 Å². The van der Waals surface area contributed by atoms with E-state index in [2.05, 4.69) is 76.2 Å². The molecule has 2 nitrogen and oxygen atoms in total. The van der Waals surface area contributed by atoms with E-state index in [0.717, 1.165) is 61.0 Å². The Balaban J connectivity index is 1.57. The van der Waals surface area contributed by atoms with E-state index >= 15 is 0 Å². The minimum Gasteiger partial charge on any atom is -0.493 e. The molecular formula is C47H74N2. The van der Waals surface area contributed by atoms with Crippen molar-refractivity contribution < 1.29 is 4.70 Å². The van der Waals surface area contributed by atoms with Crippen LogP contribution in [0.15, 0.2) is 59.7 Å². The number of nitrogens with zero attached hydrogens (tertiary/aromatic N) is 2. The van der Waals surface area contributed by atoms with Gasteiger partial charge in [-0.2, -0.15) is 0 Å². The predicted octanol–water partition coefficient (Wildman–Crippen LogP) is 15.8. The second kappa shape index (κ2) is 25.5. The number of rotatable bonds is 29. The zero-order valence-electron chi connectivity index (χ0n) is 32.6. The second-order valence-corrected chi connectivity index (χ2v) is 15.1. The molecule has 0 amide bonds. The first-order valence-electron chi connectivity index (χ1n) is 21.3. The maximum atomic E-state index is 12.0. The van der Waals surface area contributed by atoms with Crippen molar-refractivity contribution in [3.63, 3.8) is 0 Å². The quantitative estimate of drug-likeness (QED) is 0.0610. The van der Waals surface area contributed by atoms with Crippen LogP contribution in [0.1, 0.15) is 210 Å². The highest BCUT2D eigenvalue weighted by Gasteiger charge is 2.35. The van der Waals surface area contributed by atoms with E-state index in [1.54, 1.807) is 4.70 Å². The summed E-state index contributed by atoms with van der Waals surface area (Å²) in [6.07, 6.45) is 35.2. The number of aryl methyl sites for hydroxylation is 2. The molecule has 0 aliphatic carbocycles. The molecule has 0 spiro atoms. The largest absolute Gasteiger partial charge is 0.493 e. The summed E-state index contributed by atoms with van der Waals surface area (Å²) in [5.74, 6) is 0. The van der Waals surface area contributed by atoms with Gasteiger partial charge in [-0.25, -0.2) is 4.70 Å². The van der Waals surface area contributed by atoms with E-state index in [-0.39, 0.29) is 0 Å². The fourth-order valence-electron chi connectivity index (χ4n) is 7.59. The van der Waals surface area contributed by atoms with Crippen molar-refractivity contribution in [3.8, 4) is 0 Å². The first kappa shape index (κ1) is 40.9. The third kappa shape index (κ3) is 14.7. The molecule has 1 heterocycles. The Morgan fingerprint density at radius 2 is 0.633 bits per heavy atom. The van der Waals surface area contributed by atoms with Gasteiger partial charge in [0.15, 0.2) is 0 Å². The minimum atomic E-state index is 1.02. The Bertz CT molecular complexity index is 1230. The van der Waals surface area contributed by atoms with Gasteiger partial charge in [0.1, 0.15) is 0 Å². The van der Waals surface area contributed by atoms with Crippen LogP contribution >= 0.6 is 0 Å². The van der Waals surface area contributed by atoms with Crippen LogP contribution in [-0.4, -0.2) is 4.70 Å². The predicted molar refractivity (Wildman–Crippen MR) is 216 cm³/mol. The number of hydrogen-bond donors (Lipinski definition) is 0. The first-order valence-corrected chi connectivity index (χ1v) is 21.3. The van der Waals surface area contributed by atoms with Crippen molar-refractivity contribution in [2.45, 2.75) is 201 Å². The third-order valence-electron chi connectivity index (χ3n) is 10.8. The topological polar surface area (TPSA) is 25.3 Å². The van der Waals surface area contributed by atoms with Crippen molar-refractivity contribution in [3.05, 3.63) is 87.5 Å². The lowest BCUT2D eigenvalue weighted by molar-refractivity contribution is -0.345. The smallest absolute Gasteiger partial charge is 0.211 e. The van der Waals surface area contributed by atoms with E-state index in [1.165, 1.54) is 157 Å². The van der Waals surface area contributed by atoms with Crippen LogP contribution in [0.4, 0.5) is 0 Å². The van der Waals surface area contributed by atoms with Crippen LogP contribution in [-0.2, 0) is 12.8 Å². The monoisotopic (exact) mass is 667 g/mol. The van der Waals surface area contributed by atoms with Gasteiger partial charge in [0.25, 0.3) is 0 Å². The molecule has 0 bridgehead atoms. The molecule has 0 N–H and O–H groups in total. The Hall–Kier alpha value is -2.48. The highest BCUT2D eigenvalue weighted by Crippen LogP contribution is 2.44. The molecule has 1 aliphatic heterocycles. The Labute approximate surface area is 303 Å². The molecule has 0 aromatic heterocycles. The first-order chi connectivity index (χ1) is 24.1. The summed E-state index contributed by atoms with van der Waals surface area (Å²) in [5.41, 5.74) is 21.8. The summed E-state index contributed by atoms with van der Waals surface area (Å²) in [6, 6.07) is 18.1. The van der Waals surface area contributed by atoms with Gasteiger partial charge >= 0.3 is 0 Å². The normalized spacial score (nSPS) is 13.3. The van der Waals surface area contributed by atoms with Crippen LogP contribution in [0.5, 0.6) is 0 Å². The minimum absolute atomic E-state index is 1.02. The Kier molecular flexibility index (Phi) is 21.3. The van der Waals surface area contributed by atoms with Crippen LogP contribution < -0.4 is 0 Å². The molecule has 0 atom stereocenters. The van der Waals surface area contributed by atoms with E-state index in [0.29, 0.717) is 0 Å². The van der Waals surface area contributed by atoms with E-state index in [4.69, 9.17) is 0 Å². The van der Waals surface area contributed by atoms with Crippen molar-refractivity contribution in [2.24, 2.45) is 0 Å². The van der Waals surface area contributed by atoms with Crippen molar-refractivity contribution in [1.82, 2.24) is 0 Å². The van der Waals surface area contributed by atoms with Gasteiger partial charge < -0.3 is 5.53 Å². The van der Waals surface area contributed by atoms with Gasteiger partial charge in [0, 0.05) is 22.3 Å². The average molecular weight is 667 g/mol. The zero-order chi connectivity index (χ0) is 34.9. The summed E-state index contributed by atoms with van der Waals surface area (Å²) < 4.78 is 1.57.